The fourth-order valence-corrected chi connectivity index (χ4v) is 2.51. The molecule has 0 unspecified atom stereocenters. The average Bonchev–Trinajstić information content (AvgIpc) is 2.99. The monoisotopic (exact) mass is 300 g/mol. The van der Waals surface area contributed by atoms with Gasteiger partial charge in [-0.3, -0.25) is 0 Å². The second kappa shape index (κ2) is 6.93. The molecule has 0 bridgehead atoms. The van der Waals surface area contributed by atoms with Gasteiger partial charge in [-0.1, -0.05) is 67.3 Å². The number of allylic oxidation sites excluding steroid dienone is 5. The van der Waals surface area contributed by atoms with Gasteiger partial charge in [-0.25, -0.2) is 4.98 Å². The van der Waals surface area contributed by atoms with Crippen LogP contribution in [-0.2, 0) is 6.42 Å². The minimum Gasteiger partial charge on any atom is -0.338 e. The standard InChI is InChI=1S/C21H20N2/c1-3-4-6-9-16(2)21-22-19-13-12-18(15-20(19)23-21)14-17-10-7-5-8-11-17/h3-13,15H,2,14H2,1H3,(H,22,23)/b4-3-,9-6-. The van der Waals surface area contributed by atoms with Crippen molar-refractivity contribution in [1.29, 1.82) is 0 Å². The largest absolute Gasteiger partial charge is 0.338 e. The molecule has 0 saturated carbocycles. The zero-order chi connectivity index (χ0) is 16.1. The summed E-state index contributed by atoms with van der Waals surface area (Å²) < 4.78 is 0. The van der Waals surface area contributed by atoms with Crippen LogP contribution in [0.5, 0.6) is 0 Å². The predicted molar refractivity (Wildman–Crippen MR) is 98.3 cm³/mol. The van der Waals surface area contributed by atoms with Gasteiger partial charge in [-0.2, -0.15) is 0 Å². The van der Waals surface area contributed by atoms with Crippen LogP contribution in [0.4, 0.5) is 0 Å². The first-order valence-electron chi connectivity index (χ1n) is 7.77. The number of rotatable bonds is 5. The van der Waals surface area contributed by atoms with Gasteiger partial charge in [-0.05, 0) is 36.6 Å². The first kappa shape index (κ1) is 15.0. The van der Waals surface area contributed by atoms with Gasteiger partial charge in [0.2, 0.25) is 0 Å². The van der Waals surface area contributed by atoms with Gasteiger partial charge >= 0.3 is 0 Å². The molecular weight excluding hydrogens is 280 g/mol. The molecule has 2 heteroatoms. The molecule has 114 valence electrons. The Balaban J connectivity index is 1.84. The lowest BCUT2D eigenvalue weighted by atomic mass is 10.0. The molecule has 0 amide bonds. The first-order chi connectivity index (χ1) is 11.3. The molecule has 0 aliphatic rings. The molecule has 0 aliphatic carbocycles. The van der Waals surface area contributed by atoms with Crippen molar-refractivity contribution >= 4 is 16.6 Å². The topological polar surface area (TPSA) is 28.7 Å². The highest BCUT2D eigenvalue weighted by molar-refractivity contribution is 5.81. The van der Waals surface area contributed by atoms with E-state index in [1.54, 1.807) is 0 Å². The molecule has 0 spiro atoms. The van der Waals surface area contributed by atoms with E-state index in [0.29, 0.717) is 0 Å². The summed E-state index contributed by atoms with van der Waals surface area (Å²) in [4.78, 5) is 7.99. The molecule has 0 radical (unpaired) electrons. The Morgan fingerprint density at radius 3 is 2.70 bits per heavy atom. The van der Waals surface area contributed by atoms with Crippen LogP contribution in [-0.4, -0.2) is 9.97 Å². The van der Waals surface area contributed by atoms with Crippen molar-refractivity contribution in [3.05, 3.63) is 96.4 Å². The molecule has 1 N–H and O–H groups in total. The number of aromatic amines is 1. The summed E-state index contributed by atoms with van der Waals surface area (Å²) in [6.45, 7) is 6.06. The molecule has 1 heterocycles. The number of fused-ring (bicyclic) bond motifs is 1. The number of nitrogens with one attached hydrogen (secondary N) is 1. The normalized spacial score (nSPS) is 11.7. The van der Waals surface area contributed by atoms with Crippen molar-refractivity contribution in [2.24, 2.45) is 0 Å². The highest BCUT2D eigenvalue weighted by Crippen LogP contribution is 2.19. The Morgan fingerprint density at radius 1 is 1.09 bits per heavy atom. The third-order valence-corrected chi connectivity index (χ3v) is 3.70. The predicted octanol–water partition coefficient (Wildman–Crippen LogP) is 5.30. The Bertz CT molecular complexity index is 867. The molecule has 0 saturated heterocycles. The quantitative estimate of drug-likeness (QED) is 0.636. The average molecular weight is 300 g/mol. The lowest BCUT2D eigenvalue weighted by Gasteiger charge is -2.01. The molecule has 0 fully saturated rings. The number of hydrogen-bond donors (Lipinski definition) is 1. The minimum absolute atomic E-state index is 0.817. The van der Waals surface area contributed by atoms with E-state index in [-0.39, 0.29) is 0 Å². The third kappa shape index (κ3) is 3.67. The Hall–Kier alpha value is -2.87. The van der Waals surface area contributed by atoms with E-state index in [4.69, 9.17) is 0 Å². The van der Waals surface area contributed by atoms with Crippen LogP contribution in [0.2, 0.25) is 0 Å². The fraction of sp³-hybridized carbons (Fsp3) is 0.0952. The molecule has 2 nitrogen and oxygen atoms in total. The summed E-state index contributed by atoms with van der Waals surface area (Å²) in [5.74, 6) is 0.817. The van der Waals surface area contributed by atoms with Crippen LogP contribution < -0.4 is 0 Å². The lowest BCUT2D eigenvalue weighted by Crippen LogP contribution is -1.87. The highest BCUT2D eigenvalue weighted by atomic mass is 14.9. The van der Waals surface area contributed by atoms with Gasteiger partial charge < -0.3 is 4.98 Å². The first-order valence-corrected chi connectivity index (χ1v) is 7.77. The van der Waals surface area contributed by atoms with Crippen molar-refractivity contribution in [2.45, 2.75) is 13.3 Å². The molecule has 3 rings (SSSR count). The minimum atomic E-state index is 0.817. The van der Waals surface area contributed by atoms with Crippen LogP contribution in [0.3, 0.4) is 0 Å². The molecule has 3 aromatic rings. The number of nitrogens with zero attached hydrogens (tertiary/aromatic N) is 1. The SMILES string of the molecule is C=C(/C=C\C=C/C)c1nc2cc(Cc3ccccc3)ccc2[nH]1. The molecule has 1 aromatic heterocycles. The number of hydrogen-bond acceptors (Lipinski definition) is 1. The van der Waals surface area contributed by atoms with Gasteiger partial charge in [0.05, 0.1) is 11.0 Å². The van der Waals surface area contributed by atoms with Crippen molar-refractivity contribution in [3.63, 3.8) is 0 Å². The van der Waals surface area contributed by atoms with Gasteiger partial charge in [0.25, 0.3) is 0 Å². The van der Waals surface area contributed by atoms with Crippen LogP contribution in [0.15, 0.2) is 79.4 Å². The van der Waals surface area contributed by atoms with Crippen LogP contribution in [0.1, 0.15) is 23.9 Å². The van der Waals surface area contributed by atoms with E-state index in [9.17, 15) is 0 Å². The van der Waals surface area contributed by atoms with Gasteiger partial charge in [0, 0.05) is 5.57 Å². The summed E-state index contributed by atoms with van der Waals surface area (Å²) >= 11 is 0. The number of H-pyrrole nitrogens is 1. The maximum Gasteiger partial charge on any atom is 0.137 e. The fourth-order valence-electron chi connectivity index (χ4n) is 2.51. The van der Waals surface area contributed by atoms with Crippen LogP contribution in [0, 0.1) is 0 Å². The summed E-state index contributed by atoms with van der Waals surface area (Å²) in [5, 5.41) is 0. The van der Waals surface area contributed by atoms with Gasteiger partial charge in [0.15, 0.2) is 0 Å². The molecule has 0 aliphatic heterocycles. The zero-order valence-corrected chi connectivity index (χ0v) is 13.3. The van der Waals surface area contributed by atoms with Gasteiger partial charge in [0.1, 0.15) is 5.82 Å². The zero-order valence-electron chi connectivity index (χ0n) is 13.3. The Labute approximate surface area is 136 Å². The Kier molecular flexibility index (Phi) is 4.53. The van der Waals surface area contributed by atoms with E-state index in [2.05, 4.69) is 59.0 Å². The summed E-state index contributed by atoms with van der Waals surface area (Å²) in [6, 6.07) is 16.9. The van der Waals surface area contributed by atoms with Crippen molar-refractivity contribution in [1.82, 2.24) is 9.97 Å². The van der Waals surface area contributed by atoms with E-state index in [1.807, 2.05) is 37.3 Å². The van der Waals surface area contributed by atoms with Crippen molar-refractivity contribution in [2.75, 3.05) is 0 Å². The maximum atomic E-state index is 4.66. The molecular formula is C21H20N2. The number of benzene rings is 2. The summed E-state index contributed by atoms with van der Waals surface area (Å²) in [5.41, 5.74) is 5.47. The number of imidazole rings is 1. The summed E-state index contributed by atoms with van der Waals surface area (Å²) in [7, 11) is 0. The van der Waals surface area contributed by atoms with E-state index >= 15 is 0 Å². The lowest BCUT2D eigenvalue weighted by molar-refractivity contribution is 1.20. The number of aromatic nitrogens is 2. The molecule has 23 heavy (non-hydrogen) atoms. The van der Waals surface area contributed by atoms with Crippen molar-refractivity contribution < 1.29 is 0 Å². The molecule has 2 aromatic carbocycles. The van der Waals surface area contributed by atoms with Crippen molar-refractivity contribution in [3.8, 4) is 0 Å². The van der Waals surface area contributed by atoms with Crippen LogP contribution >= 0.6 is 0 Å². The highest BCUT2D eigenvalue weighted by Gasteiger charge is 2.05. The van der Waals surface area contributed by atoms with Gasteiger partial charge in [-0.15, -0.1) is 0 Å². The van der Waals surface area contributed by atoms with E-state index < -0.39 is 0 Å². The van der Waals surface area contributed by atoms with E-state index in [1.165, 1.54) is 11.1 Å². The summed E-state index contributed by atoms with van der Waals surface area (Å²) in [6.07, 6.45) is 8.81. The third-order valence-electron chi connectivity index (χ3n) is 3.70. The second-order valence-electron chi connectivity index (χ2n) is 5.51. The van der Waals surface area contributed by atoms with Crippen LogP contribution in [0.25, 0.3) is 16.6 Å². The smallest absolute Gasteiger partial charge is 0.137 e. The Morgan fingerprint density at radius 2 is 1.91 bits per heavy atom. The maximum absolute atomic E-state index is 4.66. The molecule has 0 atom stereocenters. The second-order valence-corrected chi connectivity index (χ2v) is 5.51. The van der Waals surface area contributed by atoms with E-state index in [0.717, 1.165) is 28.9 Å².